The average Bonchev–Trinajstić information content (AvgIpc) is 3.11. The topological polar surface area (TPSA) is 59.7 Å². The van der Waals surface area contributed by atoms with Crippen LogP contribution < -0.4 is 4.74 Å². The molecule has 134 valence electrons. The van der Waals surface area contributed by atoms with Gasteiger partial charge in [0, 0.05) is 31.4 Å². The first-order valence-electron chi connectivity index (χ1n) is 8.67. The third-order valence-corrected chi connectivity index (χ3v) is 4.62. The predicted molar refractivity (Wildman–Crippen MR) is 93.5 cm³/mol. The van der Waals surface area contributed by atoms with Crippen molar-refractivity contribution >= 4 is 11.6 Å². The van der Waals surface area contributed by atoms with E-state index in [2.05, 4.69) is 10.1 Å². The molecule has 1 aliphatic heterocycles. The molecule has 0 N–H and O–H groups in total. The first-order chi connectivity index (χ1) is 12.7. The number of carbonyl (C=O) groups excluding carboxylic acids is 1. The molecule has 1 saturated heterocycles. The van der Waals surface area contributed by atoms with E-state index in [0.29, 0.717) is 30.1 Å². The minimum Gasteiger partial charge on any atom is -0.493 e. The Morgan fingerprint density at radius 2 is 2.15 bits per heavy atom. The lowest BCUT2D eigenvalue weighted by Crippen LogP contribution is -2.41. The zero-order valence-corrected chi connectivity index (χ0v) is 14.2. The normalized spacial score (nSPS) is 17.4. The number of amides is 1. The van der Waals surface area contributed by atoms with Gasteiger partial charge < -0.3 is 9.64 Å². The molecule has 0 bridgehead atoms. The van der Waals surface area contributed by atoms with Crippen molar-refractivity contribution in [1.82, 2.24) is 19.5 Å². The van der Waals surface area contributed by atoms with Crippen molar-refractivity contribution in [3.8, 4) is 5.75 Å². The Labute approximate surface area is 150 Å². The van der Waals surface area contributed by atoms with E-state index in [9.17, 15) is 9.18 Å². The Bertz CT molecular complexity index is 909. The molecule has 0 spiro atoms. The minimum atomic E-state index is -0.284. The van der Waals surface area contributed by atoms with Crippen LogP contribution in [0.2, 0.25) is 0 Å². The van der Waals surface area contributed by atoms with Gasteiger partial charge in [0.25, 0.3) is 5.91 Å². The van der Waals surface area contributed by atoms with E-state index in [1.165, 1.54) is 12.1 Å². The van der Waals surface area contributed by atoms with Gasteiger partial charge in [0.05, 0.1) is 12.8 Å². The fourth-order valence-corrected chi connectivity index (χ4v) is 3.28. The second-order valence-corrected chi connectivity index (χ2v) is 6.47. The van der Waals surface area contributed by atoms with Crippen LogP contribution in [0.15, 0.2) is 48.9 Å². The molecule has 1 aromatic carbocycles. The fourth-order valence-electron chi connectivity index (χ4n) is 3.28. The molecule has 0 aliphatic carbocycles. The molecule has 3 heterocycles. The molecular formula is C19H19FN4O2. The number of carbonyl (C=O) groups is 1. The van der Waals surface area contributed by atoms with Gasteiger partial charge in [-0.05, 0) is 43.2 Å². The summed E-state index contributed by atoms with van der Waals surface area (Å²) in [5.41, 5.74) is 1.09. The van der Waals surface area contributed by atoms with Gasteiger partial charge in [-0.1, -0.05) is 0 Å². The van der Waals surface area contributed by atoms with Crippen molar-refractivity contribution in [2.24, 2.45) is 5.92 Å². The van der Waals surface area contributed by atoms with Crippen LogP contribution in [-0.2, 0) is 0 Å². The standard InChI is InChI=1S/C19H19FN4O2/c20-15-4-6-16(7-5-15)26-13-14-3-1-9-23(12-14)19(25)17-11-22-24-10-2-8-21-18(17)24/h2,4-8,10-11,14H,1,3,9,12-13H2. The molecule has 1 fully saturated rings. The smallest absolute Gasteiger partial charge is 0.259 e. The Balaban J connectivity index is 1.41. The van der Waals surface area contributed by atoms with Gasteiger partial charge in [0.1, 0.15) is 17.1 Å². The monoisotopic (exact) mass is 354 g/mol. The summed E-state index contributed by atoms with van der Waals surface area (Å²) in [6, 6.07) is 7.77. The third kappa shape index (κ3) is 3.37. The van der Waals surface area contributed by atoms with Gasteiger partial charge in [0.2, 0.25) is 0 Å². The van der Waals surface area contributed by atoms with E-state index in [-0.39, 0.29) is 17.6 Å². The molecule has 1 unspecified atom stereocenters. The van der Waals surface area contributed by atoms with Gasteiger partial charge in [-0.25, -0.2) is 13.9 Å². The zero-order chi connectivity index (χ0) is 17.9. The van der Waals surface area contributed by atoms with Crippen LogP contribution >= 0.6 is 0 Å². The maximum atomic E-state index is 13.0. The second kappa shape index (κ2) is 7.11. The van der Waals surface area contributed by atoms with Crippen molar-refractivity contribution in [3.63, 3.8) is 0 Å². The van der Waals surface area contributed by atoms with Crippen molar-refractivity contribution in [2.75, 3.05) is 19.7 Å². The Hall–Kier alpha value is -2.96. The van der Waals surface area contributed by atoms with E-state index >= 15 is 0 Å². The predicted octanol–water partition coefficient (Wildman–Crippen LogP) is 2.80. The summed E-state index contributed by atoms with van der Waals surface area (Å²) in [7, 11) is 0. The van der Waals surface area contributed by atoms with Crippen molar-refractivity contribution in [3.05, 3.63) is 60.3 Å². The molecule has 26 heavy (non-hydrogen) atoms. The second-order valence-electron chi connectivity index (χ2n) is 6.47. The van der Waals surface area contributed by atoms with Crippen LogP contribution in [0.5, 0.6) is 5.75 Å². The molecule has 0 saturated carbocycles. The highest BCUT2D eigenvalue weighted by Gasteiger charge is 2.27. The summed E-state index contributed by atoms with van der Waals surface area (Å²) in [6.45, 7) is 1.85. The number of piperidine rings is 1. The maximum Gasteiger partial charge on any atom is 0.259 e. The number of rotatable bonds is 4. The maximum absolute atomic E-state index is 13.0. The quantitative estimate of drug-likeness (QED) is 0.723. The first-order valence-corrected chi connectivity index (χ1v) is 8.67. The van der Waals surface area contributed by atoms with Crippen molar-refractivity contribution in [1.29, 1.82) is 0 Å². The van der Waals surface area contributed by atoms with Gasteiger partial charge >= 0.3 is 0 Å². The van der Waals surface area contributed by atoms with Crippen LogP contribution in [-0.4, -0.2) is 45.1 Å². The van der Waals surface area contributed by atoms with Gasteiger partial charge in [-0.15, -0.1) is 0 Å². The number of ether oxygens (including phenoxy) is 1. The number of fused-ring (bicyclic) bond motifs is 1. The Morgan fingerprint density at radius 3 is 3.00 bits per heavy atom. The lowest BCUT2D eigenvalue weighted by atomic mass is 9.98. The Kier molecular flexibility index (Phi) is 4.51. The molecule has 7 heteroatoms. The summed E-state index contributed by atoms with van der Waals surface area (Å²) in [6.07, 6.45) is 6.93. The summed E-state index contributed by atoms with van der Waals surface area (Å²) < 4.78 is 20.3. The molecule has 0 radical (unpaired) electrons. The van der Waals surface area contributed by atoms with Gasteiger partial charge in [-0.3, -0.25) is 4.79 Å². The van der Waals surface area contributed by atoms with Crippen molar-refractivity contribution < 1.29 is 13.9 Å². The molecule has 2 aromatic heterocycles. The van der Waals surface area contributed by atoms with Crippen molar-refractivity contribution in [2.45, 2.75) is 12.8 Å². The molecule has 1 atom stereocenters. The van der Waals surface area contributed by atoms with Crippen LogP contribution in [0, 0.1) is 11.7 Å². The van der Waals surface area contributed by atoms with Crippen LogP contribution in [0.3, 0.4) is 0 Å². The van der Waals surface area contributed by atoms with E-state index in [1.807, 2.05) is 4.90 Å². The number of aromatic nitrogens is 3. The lowest BCUT2D eigenvalue weighted by molar-refractivity contribution is 0.0635. The van der Waals surface area contributed by atoms with Crippen LogP contribution in [0.4, 0.5) is 4.39 Å². The number of hydrogen-bond donors (Lipinski definition) is 0. The molecule has 6 nitrogen and oxygen atoms in total. The highest BCUT2D eigenvalue weighted by atomic mass is 19.1. The zero-order valence-electron chi connectivity index (χ0n) is 14.2. The highest BCUT2D eigenvalue weighted by molar-refractivity contribution is 5.99. The summed E-state index contributed by atoms with van der Waals surface area (Å²) in [5, 5.41) is 4.19. The van der Waals surface area contributed by atoms with Gasteiger partial charge in [-0.2, -0.15) is 5.10 Å². The molecule has 4 rings (SSSR count). The average molecular weight is 354 g/mol. The third-order valence-electron chi connectivity index (χ3n) is 4.62. The molecule has 1 amide bonds. The Morgan fingerprint density at radius 1 is 1.31 bits per heavy atom. The number of nitrogens with zero attached hydrogens (tertiary/aromatic N) is 4. The van der Waals surface area contributed by atoms with E-state index in [0.717, 1.165) is 19.4 Å². The molecule has 1 aliphatic rings. The number of benzene rings is 1. The first kappa shape index (κ1) is 16.5. The SMILES string of the molecule is O=C(c1cnn2cccnc12)N1CCCC(COc2ccc(F)cc2)C1. The summed E-state index contributed by atoms with van der Waals surface area (Å²) in [4.78, 5) is 19.0. The van der Waals surface area contributed by atoms with E-state index in [1.54, 1.807) is 41.3 Å². The highest BCUT2D eigenvalue weighted by Crippen LogP contribution is 2.21. The lowest BCUT2D eigenvalue weighted by Gasteiger charge is -2.32. The number of likely N-dealkylation sites (tertiary alicyclic amines) is 1. The van der Waals surface area contributed by atoms with Gasteiger partial charge in [0.15, 0.2) is 5.65 Å². The number of hydrogen-bond acceptors (Lipinski definition) is 4. The molecular weight excluding hydrogens is 335 g/mol. The fraction of sp³-hybridized carbons (Fsp3) is 0.316. The summed E-state index contributed by atoms with van der Waals surface area (Å²) >= 11 is 0. The van der Waals surface area contributed by atoms with E-state index in [4.69, 9.17) is 4.74 Å². The minimum absolute atomic E-state index is 0.0508. The van der Waals surface area contributed by atoms with Crippen LogP contribution in [0.1, 0.15) is 23.2 Å². The number of halogens is 1. The molecule has 3 aromatic rings. The largest absolute Gasteiger partial charge is 0.493 e. The van der Waals surface area contributed by atoms with E-state index < -0.39 is 0 Å². The van der Waals surface area contributed by atoms with Crippen LogP contribution in [0.25, 0.3) is 5.65 Å². The summed E-state index contributed by atoms with van der Waals surface area (Å²) in [5.74, 6) is 0.549.